The lowest BCUT2D eigenvalue weighted by molar-refractivity contribution is -0.120. The molecule has 2 heterocycles. The van der Waals surface area contributed by atoms with E-state index in [0.29, 0.717) is 29.4 Å². The molecule has 0 aliphatic carbocycles. The second-order valence-electron chi connectivity index (χ2n) is 6.10. The monoisotopic (exact) mass is 390 g/mol. The molecule has 1 aromatic heterocycles. The molecule has 1 unspecified atom stereocenters. The van der Waals surface area contributed by atoms with Crippen LogP contribution in [0.2, 0.25) is 0 Å². The van der Waals surface area contributed by atoms with Gasteiger partial charge in [-0.3, -0.25) is 4.79 Å². The van der Waals surface area contributed by atoms with Gasteiger partial charge >= 0.3 is 0 Å². The van der Waals surface area contributed by atoms with E-state index >= 15 is 0 Å². The van der Waals surface area contributed by atoms with Crippen molar-refractivity contribution in [2.24, 2.45) is 0 Å². The Hall–Kier alpha value is -2.28. The van der Waals surface area contributed by atoms with E-state index in [-0.39, 0.29) is 5.91 Å². The highest BCUT2D eigenvalue weighted by atomic mass is 32.2. The lowest BCUT2D eigenvalue weighted by Crippen LogP contribution is -2.49. The van der Waals surface area contributed by atoms with Crippen LogP contribution in [0.25, 0.3) is 11.3 Å². The zero-order valence-corrected chi connectivity index (χ0v) is 15.8. The number of nitrogens with zero attached hydrogens (tertiary/aromatic N) is 3. The largest absolute Gasteiger partial charge is 0.301 e. The molecule has 1 amide bonds. The Bertz CT molecular complexity index is 945. The summed E-state index contributed by atoms with van der Waals surface area (Å²) in [7, 11) is -3.43. The number of sulfonamides is 1. The SMILES string of the molecule is CS(=O)(=O)N1CCCCC1C(=O)Nc1nc(-c2ccc(C#N)cc2)cs1. The average molecular weight is 390 g/mol. The second kappa shape index (κ2) is 7.53. The summed E-state index contributed by atoms with van der Waals surface area (Å²) in [5.41, 5.74) is 2.10. The number of nitrogens with one attached hydrogen (secondary N) is 1. The third kappa shape index (κ3) is 4.09. The van der Waals surface area contributed by atoms with Crippen molar-refractivity contribution >= 4 is 32.4 Å². The van der Waals surface area contributed by atoms with Crippen LogP contribution in [-0.4, -0.2) is 42.5 Å². The average Bonchev–Trinajstić information content (AvgIpc) is 3.09. The topological polar surface area (TPSA) is 103 Å². The van der Waals surface area contributed by atoms with Crippen LogP contribution in [0.3, 0.4) is 0 Å². The van der Waals surface area contributed by atoms with Crippen LogP contribution in [0.4, 0.5) is 5.13 Å². The molecule has 136 valence electrons. The maximum absolute atomic E-state index is 12.6. The first-order valence-electron chi connectivity index (χ1n) is 8.12. The summed E-state index contributed by atoms with van der Waals surface area (Å²) < 4.78 is 25.1. The molecule has 1 aromatic carbocycles. The Morgan fingerprint density at radius 3 is 2.73 bits per heavy atom. The molecule has 0 saturated carbocycles. The Morgan fingerprint density at radius 1 is 1.35 bits per heavy atom. The lowest BCUT2D eigenvalue weighted by atomic mass is 10.0. The minimum absolute atomic E-state index is 0.351. The minimum atomic E-state index is -3.43. The fraction of sp³-hybridized carbons (Fsp3) is 0.353. The van der Waals surface area contributed by atoms with E-state index in [1.165, 1.54) is 15.6 Å². The number of benzene rings is 1. The maximum atomic E-state index is 12.6. The van der Waals surface area contributed by atoms with E-state index in [2.05, 4.69) is 16.4 Å². The van der Waals surface area contributed by atoms with E-state index in [4.69, 9.17) is 5.26 Å². The summed E-state index contributed by atoms with van der Waals surface area (Å²) in [6.45, 7) is 0.366. The number of amides is 1. The highest BCUT2D eigenvalue weighted by Gasteiger charge is 2.34. The maximum Gasteiger partial charge on any atom is 0.244 e. The van der Waals surface area contributed by atoms with Crippen molar-refractivity contribution in [3.8, 4) is 17.3 Å². The summed E-state index contributed by atoms with van der Waals surface area (Å²) in [6, 6.07) is 8.38. The number of carbonyl (C=O) groups excluding carboxylic acids is 1. The van der Waals surface area contributed by atoms with E-state index in [1.807, 2.05) is 5.38 Å². The van der Waals surface area contributed by atoms with Gasteiger partial charge in [0.15, 0.2) is 5.13 Å². The van der Waals surface area contributed by atoms with Crippen molar-refractivity contribution in [1.29, 1.82) is 5.26 Å². The molecule has 1 N–H and O–H groups in total. The molecular weight excluding hydrogens is 372 g/mol. The fourth-order valence-electron chi connectivity index (χ4n) is 2.93. The molecule has 26 heavy (non-hydrogen) atoms. The number of aromatic nitrogens is 1. The van der Waals surface area contributed by atoms with Crippen molar-refractivity contribution in [2.75, 3.05) is 18.1 Å². The van der Waals surface area contributed by atoms with Gasteiger partial charge in [0.2, 0.25) is 15.9 Å². The number of rotatable bonds is 4. The summed E-state index contributed by atoms with van der Waals surface area (Å²) in [5, 5.41) is 13.8. The van der Waals surface area contributed by atoms with Gasteiger partial charge in [-0.2, -0.15) is 9.57 Å². The van der Waals surface area contributed by atoms with Gasteiger partial charge in [0.25, 0.3) is 0 Å². The highest BCUT2D eigenvalue weighted by Crippen LogP contribution is 2.26. The molecule has 1 aliphatic heterocycles. The van der Waals surface area contributed by atoms with Crippen LogP contribution < -0.4 is 5.32 Å². The lowest BCUT2D eigenvalue weighted by Gasteiger charge is -2.32. The number of hydrogen-bond donors (Lipinski definition) is 1. The zero-order valence-electron chi connectivity index (χ0n) is 14.2. The number of carbonyl (C=O) groups is 1. The van der Waals surface area contributed by atoms with Crippen LogP contribution >= 0.6 is 11.3 Å². The van der Waals surface area contributed by atoms with Gasteiger partial charge in [-0.15, -0.1) is 11.3 Å². The summed E-state index contributed by atoms with van der Waals surface area (Å²) in [5.74, 6) is -0.351. The van der Waals surface area contributed by atoms with Gasteiger partial charge in [0.1, 0.15) is 6.04 Å². The van der Waals surface area contributed by atoms with Crippen molar-refractivity contribution in [3.63, 3.8) is 0 Å². The van der Waals surface area contributed by atoms with Gasteiger partial charge in [0, 0.05) is 17.5 Å². The molecule has 3 rings (SSSR count). The van der Waals surface area contributed by atoms with Crippen molar-refractivity contribution in [3.05, 3.63) is 35.2 Å². The van der Waals surface area contributed by atoms with E-state index < -0.39 is 16.1 Å². The van der Waals surface area contributed by atoms with Crippen LogP contribution in [0.5, 0.6) is 0 Å². The van der Waals surface area contributed by atoms with Crippen LogP contribution in [0, 0.1) is 11.3 Å². The first kappa shape index (κ1) is 18.5. The van der Waals surface area contributed by atoms with Gasteiger partial charge in [-0.05, 0) is 25.0 Å². The van der Waals surface area contributed by atoms with Crippen LogP contribution in [0.1, 0.15) is 24.8 Å². The first-order valence-corrected chi connectivity index (χ1v) is 10.8. The highest BCUT2D eigenvalue weighted by molar-refractivity contribution is 7.88. The number of thiazole rings is 1. The molecule has 7 nitrogen and oxygen atoms in total. The molecule has 2 aromatic rings. The van der Waals surface area contributed by atoms with Crippen molar-refractivity contribution < 1.29 is 13.2 Å². The van der Waals surface area contributed by atoms with Crippen LogP contribution in [0.15, 0.2) is 29.6 Å². The molecule has 1 saturated heterocycles. The molecule has 0 spiro atoms. The molecule has 1 fully saturated rings. The quantitative estimate of drug-likeness (QED) is 0.864. The molecule has 1 aliphatic rings. The molecule has 9 heteroatoms. The second-order valence-corrected chi connectivity index (χ2v) is 8.89. The Labute approximate surface area is 156 Å². The third-order valence-electron chi connectivity index (χ3n) is 4.23. The smallest absolute Gasteiger partial charge is 0.244 e. The number of piperidine rings is 1. The zero-order chi connectivity index (χ0) is 18.7. The predicted molar refractivity (Wildman–Crippen MR) is 100 cm³/mol. The van der Waals surface area contributed by atoms with Crippen molar-refractivity contribution in [1.82, 2.24) is 9.29 Å². The first-order chi connectivity index (χ1) is 12.4. The van der Waals surface area contributed by atoms with E-state index in [1.54, 1.807) is 24.3 Å². The summed E-state index contributed by atoms with van der Waals surface area (Å²) in [6.07, 6.45) is 3.22. The molecule has 1 atom stereocenters. The molecular formula is C17H18N4O3S2. The van der Waals surface area contributed by atoms with E-state index in [9.17, 15) is 13.2 Å². The Balaban J connectivity index is 1.73. The summed E-state index contributed by atoms with van der Waals surface area (Å²) in [4.78, 5) is 17.0. The standard InChI is InChI=1S/C17H18N4O3S2/c1-26(23,24)21-9-3-2-4-15(21)16(22)20-17-19-14(11-25-17)13-7-5-12(10-18)6-8-13/h5-8,11,15H,2-4,9H2,1H3,(H,19,20,22). The van der Waals surface area contributed by atoms with Gasteiger partial charge < -0.3 is 5.32 Å². The van der Waals surface area contributed by atoms with Crippen molar-refractivity contribution in [2.45, 2.75) is 25.3 Å². The Kier molecular flexibility index (Phi) is 5.36. The Morgan fingerprint density at radius 2 is 2.08 bits per heavy atom. The summed E-state index contributed by atoms with van der Waals surface area (Å²) >= 11 is 1.28. The van der Waals surface area contributed by atoms with E-state index in [0.717, 1.165) is 24.7 Å². The fourth-order valence-corrected chi connectivity index (χ4v) is 4.78. The van der Waals surface area contributed by atoms with Gasteiger partial charge in [0.05, 0.1) is 23.6 Å². The number of anilines is 1. The normalized spacial score (nSPS) is 18.2. The van der Waals surface area contributed by atoms with Gasteiger partial charge in [-0.25, -0.2) is 13.4 Å². The third-order valence-corrected chi connectivity index (χ3v) is 6.27. The van der Waals surface area contributed by atoms with Gasteiger partial charge in [-0.1, -0.05) is 18.6 Å². The number of hydrogen-bond acceptors (Lipinski definition) is 6. The minimum Gasteiger partial charge on any atom is -0.301 e. The molecule has 0 bridgehead atoms. The predicted octanol–water partition coefficient (Wildman–Crippen LogP) is 2.43. The number of nitriles is 1. The molecule has 0 radical (unpaired) electrons. The van der Waals surface area contributed by atoms with Crippen LogP contribution in [-0.2, 0) is 14.8 Å².